The molecular weight excluding hydrogens is 352 g/mol. The van der Waals surface area contributed by atoms with Gasteiger partial charge in [-0.05, 0) is 37.1 Å². The molecule has 142 valence electrons. The van der Waals surface area contributed by atoms with Gasteiger partial charge in [0.25, 0.3) is 11.8 Å². The van der Waals surface area contributed by atoms with Gasteiger partial charge in [0.1, 0.15) is 5.75 Å². The van der Waals surface area contributed by atoms with Crippen molar-refractivity contribution >= 4 is 11.8 Å². The summed E-state index contributed by atoms with van der Waals surface area (Å²) in [5, 5.41) is 41.1. The van der Waals surface area contributed by atoms with Crippen LogP contribution in [0.25, 0.3) is 0 Å². The molecule has 0 unspecified atom stereocenters. The lowest BCUT2D eigenvalue weighted by molar-refractivity contribution is 0.0697. The number of rotatable bonds is 3. The minimum Gasteiger partial charge on any atom is -0.507 e. The van der Waals surface area contributed by atoms with E-state index >= 15 is 0 Å². The van der Waals surface area contributed by atoms with Crippen molar-refractivity contribution in [2.24, 2.45) is 0 Å². The van der Waals surface area contributed by atoms with E-state index in [0.29, 0.717) is 25.9 Å². The largest absolute Gasteiger partial charge is 0.507 e. The van der Waals surface area contributed by atoms with E-state index in [2.05, 4.69) is 5.32 Å². The molecule has 8 nitrogen and oxygen atoms in total. The molecule has 2 amide bonds. The number of hydrogen-bond donors (Lipinski definition) is 5. The molecule has 1 saturated heterocycles. The minimum atomic E-state index is -0.669. The van der Waals surface area contributed by atoms with E-state index in [4.69, 9.17) is 0 Å². The molecule has 5 N–H and O–H groups in total. The van der Waals surface area contributed by atoms with Crippen molar-refractivity contribution in [1.29, 1.82) is 0 Å². The lowest BCUT2D eigenvalue weighted by atomic mass is 10.0. The summed E-state index contributed by atoms with van der Waals surface area (Å²) in [6.45, 7) is 0.764. The molecule has 27 heavy (non-hydrogen) atoms. The smallest absolute Gasteiger partial charge is 0.255 e. The van der Waals surface area contributed by atoms with Crippen molar-refractivity contribution in [2.45, 2.75) is 18.9 Å². The summed E-state index contributed by atoms with van der Waals surface area (Å²) in [4.78, 5) is 26.3. The maximum atomic E-state index is 12.5. The molecule has 3 rings (SSSR count). The van der Waals surface area contributed by atoms with Crippen molar-refractivity contribution < 1.29 is 30.0 Å². The summed E-state index contributed by atoms with van der Waals surface area (Å²) in [7, 11) is 0. The molecule has 0 aliphatic carbocycles. The van der Waals surface area contributed by atoms with E-state index in [1.165, 1.54) is 12.1 Å². The van der Waals surface area contributed by atoms with E-state index in [-0.39, 0.29) is 34.7 Å². The summed E-state index contributed by atoms with van der Waals surface area (Å²) < 4.78 is 0. The summed E-state index contributed by atoms with van der Waals surface area (Å²) >= 11 is 0. The maximum absolute atomic E-state index is 12.5. The van der Waals surface area contributed by atoms with Crippen LogP contribution in [0.1, 0.15) is 33.6 Å². The molecule has 0 spiro atoms. The first-order chi connectivity index (χ1) is 12.9. The molecule has 2 aromatic rings. The number of aromatic hydroxyl groups is 4. The van der Waals surface area contributed by atoms with Crippen LogP contribution in [0.2, 0.25) is 0 Å². The highest BCUT2D eigenvalue weighted by Crippen LogP contribution is 2.35. The van der Waals surface area contributed by atoms with Gasteiger partial charge in [-0.2, -0.15) is 0 Å². The predicted molar refractivity (Wildman–Crippen MR) is 95.9 cm³/mol. The van der Waals surface area contributed by atoms with Gasteiger partial charge < -0.3 is 30.6 Å². The van der Waals surface area contributed by atoms with E-state index < -0.39 is 17.2 Å². The second-order valence-electron chi connectivity index (χ2n) is 6.42. The Kier molecular flexibility index (Phi) is 5.07. The number of para-hydroxylation sites is 1. The molecular formula is C19H20N2O6. The first-order valence-corrected chi connectivity index (χ1v) is 8.50. The normalized spacial score (nSPS) is 14.7. The first-order valence-electron chi connectivity index (χ1n) is 8.50. The SMILES string of the molecule is O=C(NC1CCN(C(=O)c2cc(O)c(O)c(O)c2)CC1)c1ccccc1O. The maximum Gasteiger partial charge on any atom is 0.255 e. The highest BCUT2D eigenvalue weighted by atomic mass is 16.3. The summed E-state index contributed by atoms with van der Waals surface area (Å²) in [6.07, 6.45) is 1.06. The fraction of sp³-hybridized carbons (Fsp3) is 0.263. The third kappa shape index (κ3) is 3.89. The Balaban J connectivity index is 1.59. The van der Waals surface area contributed by atoms with Crippen molar-refractivity contribution in [3.05, 3.63) is 47.5 Å². The Morgan fingerprint density at radius 2 is 1.52 bits per heavy atom. The van der Waals surface area contributed by atoms with Crippen LogP contribution in [0, 0.1) is 0 Å². The summed E-state index contributed by atoms with van der Waals surface area (Å²) in [5.74, 6) is -2.64. The van der Waals surface area contributed by atoms with Gasteiger partial charge in [0, 0.05) is 24.7 Å². The fourth-order valence-corrected chi connectivity index (χ4v) is 3.07. The zero-order valence-corrected chi connectivity index (χ0v) is 14.4. The average Bonchev–Trinajstić information content (AvgIpc) is 2.66. The fourth-order valence-electron chi connectivity index (χ4n) is 3.07. The van der Waals surface area contributed by atoms with Gasteiger partial charge >= 0.3 is 0 Å². The third-order valence-corrected chi connectivity index (χ3v) is 4.58. The van der Waals surface area contributed by atoms with Crippen LogP contribution in [-0.4, -0.2) is 56.3 Å². The quantitative estimate of drug-likeness (QED) is 0.520. The van der Waals surface area contributed by atoms with Gasteiger partial charge in [-0.1, -0.05) is 12.1 Å². The van der Waals surface area contributed by atoms with Crippen molar-refractivity contribution in [3.63, 3.8) is 0 Å². The topological polar surface area (TPSA) is 130 Å². The number of carbonyl (C=O) groups is 2. The summed E-state index contributed by atoms with van der Waals surface area (Å²) in [6, 6.07) is 8.34. The van der Waals surface area contributed by atoms with Crippen LogP contribution >= 0.6 is 0 Å². The number of piperidine rings is 1. The number of phenolic OH excluding ortho intramolecular Hbond substituents is 4. The van der Waals surface area contributed by atoms with E-state index in [1.54, 1.807) is 17.0 Å². The third-order valence-electron chi connectivity index (χ3n) is 4.58. The number of nitrogens with zero attached hydrogens (tertiary/aromatic N) is 1. The highest BCUT2D eigenvalue weighted by molar-refractivity contribution is 5.97. The molecule has 0 bridgehead atoms. The van der Waals surface area contributed by atoms with Crippen LogP contribution in [0.4, 0.5) is 0 Å². The Morgan fingerprint density at radius 1 is 0.926 bits per heavy atom. The minimum absolute atomic E-state index is 0.0690. The number of phenols is 4. The standard InChI is InChI=1S/C19H20N2O6/c22-14-4-2-1-3-13(14)18(26)20-12-5-7-21(8-6-12)19(27)11-9-15(23)17(25)16(24)10-11/h1-4,9-10,12,22-25H,5-8H2,(H,20,26). The molecule has 1 aliphatic rings. The average molecular weight is 372 g/mol. The van der Waals surface area contributed by atoms with Crippen LogP contribution in [0.3, 0.4) is 0 Å². The molecule has 2 aromatic carbocycles. The second-order valence-corrected chi connectivity index (χ2v) is 6.42. The van der Waals surface area contributed by atoms with Gasteiger partial charge in [0.05, 0.1) is 5.56 Å². The first kappa shape index (κ1) is 18.4. The van der Waals surface area contributed by atoms with E-state index in [0.717, 1.165) is 12.1 Å². The molecule has 0 atom stereocenters. The molecule has 0 saturated carbocycles. The van der Waals surface area contributed by atoms with Gasteiger partial charge in [-0.25, -0.2) is 0 Å². The van der Waals surface area contributed by atoms with Crippen molar-refractivity contribution in [1.82, 2.24) is 10.2 Å². The lowest BCUT2D eigenvalue weighted by Gasteiger charge is -2.32. The van der Waals surface area contributed by atoms with Crippen molar-refractivity contribution in [2.75, 3.05) is 13.1 Å². The number of nitrogens with one attached hydrogen (secondary N) is 1. The number of likely N-dealkylation sites (tertiary alicyclic amines) is 1. The van der Waals surface area contributed by atoms with Gasteiger partial charge in [-0.3, -0.25) is 9.59 Å². The van der Waals surface area contributed by atoms with E-state index in [9.17, 15) is 30.0 Å². The Bertz CT molecular complexity index is 851. The molecule has 1 fully saturated rings. The van der Waals surface area contributed by atoms with Crippen molar-refractivity contribution in [3.8, 4) is 23.0 Å². The summed E-state index contributed by atoms with van der Waals surface area (Å²) in [5.41, 5.74) is 0.269. The van der Waals surface area contributed by atoms with E-state index in [1.807, 2.05) is 0 Å². The molecule has 0 aromatic heterocycles. The number of benzene rings is 2. The molecule has 8 heteroatoms. The van der Waals surface area contributed by atoms with Gasteiger partial charge in [0.15, 0.2) is 17.2 Å². The van der Waals surface area contributed by atoms with Crippen LogP contribution in [0.5, 0.6) is 23.0 Å². The Hall–Kier alpha value is -3.42. The Morgan fingerprint density at radius 3 is 2.11 bits per heavy atom. The monoisotopic (exact) mass is 372 g/mol. The zero-order chi connectivity index (χ0) is 19.6. The predicted octanol–water partition coefficient (Wildman–Crippen LogP) is 1.54. The number of carbonyl (C=O) groups excluding carboxylic acids is 2. The number of hydrogen-bond acceptors (Lipinski definition) is 6. The van der Waals surface area contributed by atoms with Crippen LogP contribution in [0.15, 0.2) is 36.4 Å². The molecule has 1 aliphatic heterocycles. The molecule has 0 radical (unpaired) electrons. The van der Waals surface area contributed by atoms with Gasteiger partial charge in [0.2, 0.25) is 0 Å². The van der Waals surface area contributed by atoms with Gasteiger partial charge in [-0.15, -0.1) is 0 Å². The highest BCUT2D eigenvalue weighted by Gasteiger charge is 2.26. The lowest BCUT2D eigenvalue weighted by Crippen LogP contribution is -2.46. The Labute approximate surface area is 155 Å². The molecule has 1 heterocycles. The van der Waals surface area contributed by atoms with Crippen LogP contribution < -0.4 is 5.32 Å². The number of amides is 2. The second kappa shape index (κ2) is 7.45. The van der Waals surface area contributed by atoms with Crippen LogP contribution in [-0.2, 0) is 0 Å². The zero-order valence-electron chi connectivity index (χ0n) is 14.4.